The minimum absolute atomic E-state index is 0.0684. The largest absolute Gasteiger partial charge is 0.497 e. The fraction of sp³-hybridized carbons (Fsp3) is 0.409. The molecule has 27 heavy (non-hydrogen) atoms. The molecule has 5 nitrogen and oxygen atoms in total. The number of rotatable bonds is 7. The molecular formula is C22H27NO4. The number of nitrogens with one attached hydrogen (secondary N) is 1. The molecule has 2 aromatic carbocycles. The zero-order valence-electron chi connectivity index (χ0n) is 16.0. The van der Waals surface area contributed by atoms with Crippen LogP contribution in [0.3, 0.4) is 0 Å². The summed E-state index contributed by atoms with van der Waals surface area (Å²) in [5, 5.41) is 3.14. The van der Waals surface area contributed by atoms with Crippen LogP contribution in [-0.2, 0) is 21.4 Å². The molecule has 0 bridgehead atoms. The van der Waals surface area contributed by atoms with Gasteiger partial charge in [-0.15, -0.1) is 0 Å². The number of hydrogen-bond acceptors (Lipinski definition) is 4. The van der Waals surface area contributed by atoms with E-state index in [0.717, 1.165) is 22.6 Å². The molecule has 0 spiro atoms. The summed E-state index contributed by atoms with van der Waals surface area (Å²) in [7, 11) is 3.29. The molecule has 1 N–H and O–H groups in total. The molecule has 1 aliphatic heterocycles. The number of carbonyl (C=O) groups excluding carboxylic acids is 1. The lowest BCUT2D eigenvalue weighted by molar-refractivity contribution is -0.130. The van der Waals surface area contributed by atoms with E-state index in [9.17, 15) is 4.79 Å². The molecule has 0 saturated carbocycles. The molecule has 1 saturated heterocycles. The molecule has 5 heteroatoms. The first-order valence-electron chi connectivity index (χ1n) is 9.32. The molecule has 144 valence electrons. The van der Waals surface area contributed by atoms with E-state index in [2.05, 4.69) is 5.32 Å². The van der Waals surface area contributed by atoms with E-state index in [4.69, 9.17) is 14.2 Å². The van der Waals surface area contributed by atoms with Gasteiger partial charge in [-0.2, -0.15) is 0 Å². The van der Waals surface area contributed by atoms with Gasteiger partial charge in [0.25, 0.3) is 0 Å². The Kier molecular flexibility index (Phi) is 6.35. The normalized spacial score (nSPS) is 15.8. The van der Waals surface area contributed by atoms with Crippen molar-refractivity contribution in [2.45, 2.75) is 24.7 Å². The highest BCUT2D eigenvalue weighted by Gasteiger charge is 2.41. The second-order valence-corrected chi connectivity index (χ2v) is 6.74. The van der Waals surface area contributed by atoms with Crippen LogP contribution in [0.1, 0.15) is 24.0 Å². The summed E-state index contributed by atoms with van der Waals surface area (Å²) in [5.41, 5.74) is 1.56. The fourth-order valence-corrected chi connectivity index (χ4v) is 3.68. The van der Waals surface area contributed by atoms with Gasteiger partial charge in [0.1, 0.15) is 11.5 Å². The SMILES string of the molecule is COc1ccc(OC)c(CCNC(=O)C2(c3ccccc3)CCOCC2)c1. The van der Waals surface area contributed by atoms with Crippen molar-refractivity contribution in [1.29, 1.82) is 0 Å². The van der Waals surface area contributed by atoms with Crippen molar-refractivity contribution in [3.05, 3.63) is 59.7 Å². The number of ether oxygens (including phenoxy) is 3. The summed E-state index contributed by atoms with van der Waals surface area (Å²) in [5.74, 6) is 1.65. The predicted molar refractivity (Wildman–Crippen MR) is 104 cm³/mol. The highest BCUT2D eigenvalue weighted by molar-refractivity contribution is 5.88. The topological polar surface area (TPSA) is 56.8 Å². The third-order valence-electron chi connectivity index (χ3n) is 5.27. The molecule has 1 aliphatic rings. The Balaban J connectivity index is 1.70. The van der Waals surface area contributed by atoms with Gasteiger partial charge in [-0.25, -0.2) is 0 Å². The summed E-state index contributed by atoms with van der Waals surface area (Å²) in [6.07, 6.45) is 2.07. The Morgan fingerprint density at radius 3 is 2.48 bits per heavy atom. The standard InChI is InChI=1S/C22H27NO4/c1-25-19-8-9-20(26-2)17(16-19)10-13-23-21(24)22(11-14-27-15-12-22)18-6-4-3-5-7-18/h3-9,16H,10-15H2,1-2H3,(H,23,24). The van der Waals surface area contributed by atoms with Crippen LogP contribution in [0.2, 0.25) is 0 Å². The smallest absolute Gasteiger partial charge is 0.230 e. The van der Waals surface area contributed by atoms with Gasteiger partial charge in [0.2, 0.25) is 5.91 Å². The molecule has 3 rings (SSSR count). The third kappa shape index (κ3) is 4.25. The molecule has 1 heterocycles. The van der Waals surface area contributed by atoms with Crippen molar-refractivity contribution < 1.29 is 19.0 Å². The van der Waals surface area contributed by atoms with Crippen molar-refractivity contribution in [2.75, 3.05) is 34.0 Å². The quantitative estimate of drug-likeness (QED) is 0.815. The lowest BCUT2D eigenvalue weighted by atomic mass is 9.73. The lowest BCUT2D eigenvalue weighted by Crippen LogP contribution is -2.48. The van der Waals surface area contributed by atoms with Crippen molar-refractivity contribution in [2.24, 2.45) is 0 Å². The van der Waals surface area contributed by atoms with Gasteiger partial charge in [-0.1, -0.05) is 30.3 Å². The highest BCUT2D eigenvalue weighted by atomic mass is 16.5. The average molecular weight is 369 g/mol. The molecule has 1 amide bonds. The van der Waals surface area contributed by atoms with Gasteiger partial charge >= 0.3 is 0 Å². The average Bonchev–Trinajstić information content (AvgIpc) is 2.74. The molecule has 0 radical (unpaired) electrons. The van der Waals surface area contributed by atoms with Crippen molar-refractivity contribution >= 4 is 5.91 Å². The van der Waals surface area contributed by atoms with E-state index in [1.165, 1.54) is 0 Å². The van der Waals surface area contributed by atoms with Crippen molar-refractivity contribution in [3.63, 3.8) is 0 Å². The Hall–Kier alpha value is -2.53. The summed E-state index contributed by atoms with van der Waals surface area (Å²) in [6.45, 7) is 1.75. The molecule has 0 unspecified atom stereocenters. The first-order valence-corrected chi connectivity index (χ1v) is 9.32. The third-order valence-corrected chi connectivity index (χ3v) is 5.27. The molecular weight excluding hydrogens is 342 g/mol. The van der Waals surface area contributed by atoms with Crippen LogP contribution >= 0.6 is 0 Å². The van der Waals surface area contributed by atoms with Crippen molar-refractivity contribution in [3.8, 4) is 11.5 Å². The summed E-state index contributed by atoms with van der Waals surface area (Å²) < 4.78 is 16.2. The van der Waals surface area contributed by atoms with Gasteiger partial charge in [-0.3, -0.25) is 4.79 Å². The highest BCUT2D eigenvalue weighted by Crippen LogP contribution is 2.35. The Morgan fingerprint density at radius 2 is 1.81 bits per heavy atom. The first-order chi connectivity index (χ1) is 13.2. The minimum atomic E-state index is -0.516. The van der Waals surface area contributed by atoms with E-state index in [1.807, 2.05) is 48.5 Å². The van der Waals surface area contributed by atoms with Crippen LogP contribution in [0, 0.1) is 0 Å². The number of benzene rings is 2. The van der Waals surface area contributed by atoms with Crippen LogP contribution in [0.25, 0.3) is 0 Å². The van der Waals surface area contributed by atoms with Gasteiger partial charge < -0.3 is 19.5 Å². The first kappa shape index (κ1) is 19.2. The van der Waals surface area contributed by atoms with E-state index in [1.54, 1.807) is 14.2 Å². The second kappa shape index (κ2) is 8.91. The maximum Gasteiger partial charge on any atom is 0.230 e. The maximum atomic E-state index is 13.2. The monoisotopic (exact) mass is 369 g/mol. The lowest BCUT2D eigenvalue weighted by Gasteiger charge is -2.36. The van der Waals surface area contributed by atoms with E-state index < -0.39 is 5.41 Å². The summed E-state index contributed by atoms with van der Waals surface area (Å²) >= 11 is 0. The Morgan fingerprint density at radius 1 is 1.07 bits per heavy atom. The van der Waals surface area contributed by atoms with Gasteiger partial charge in [-0.05, 0) is 48.6 Å². The second-order valence-electron chi connectivity index (χ2n) is 6.74. The van der Waals surface area contributed by atoms with Crippen LogP contribution in [0.15, 0.2) is 48.5 Å². The maximum absolute atomic E-state index is 13.2. The number of hydrogen-bond donors (Lipinski definition) is 1. The number of amides is 1. The molecule has 2 aromatic rings. The molecule has 1 fully saturated rings. The van der Waals surface area contributed by atoms with E-state index in [-0.39, 0.29) is 5.91 Å². The van der Waals surface area contributed by atoms with Gasteiger partial charge in [0.05, 0.1) is 19.6 Å². The zero-order chi connectivity index (χ0) is 19.1. The van der Waals surface area contributed by atoms with Crippen LogP contribution in [0.4, 0.5) is 0 Å². The Bertz CT molecular complexity index is 754. The van der Waals surface area contributed by atoms with E-state index >= 15 is 0 Å². The van der Waals surface area contributed by atoms with Crippen LogP contribution in [0.5, 0.6) is 11.5 Å². The van der Waals surface area contributed by atoms with Gasteiger partial charge in [0, 0.05) is 19.8 Å². The van der Waals surface area contributed by atoms with Crippen molar-refractivity contribution in [1.82, 2.24) is 5.32 Å². The summed E-state index contributed by atoms with van der Waals surface area (Å²) in [6, 6.07) is 15.7. The zero-order valence-corrected chi connectivity index (χ0v) is 16.0. The van der Waals surface area contributed by atoms with Crippen LogP contribution < -0.4 is 14.8 Å². The van der Waals surface area contributed by atoms with E-state index in [0.29, 0.717) is 39.0 Å². The molecule has 0 aromatic heterocycles. The molecule has 0 atom stereocenters. The fourth-order valence-electron chi connectivity index (χ4n) is 3.68. The molecule has 0 aliphatic carbocycles. The Labute approximate surface area is 160 Å². The number of carbonyl (C=O) groups is 1. The predicted octanol–water partition coefficient (Wildman–Crippen LogP) is 3.11. The van der Waals surface area contributed by atoms with Gasteiger partial charge in [0.15, 0.2) is 0 Å². The summed E-state index contributed by atoms with van der Waals surface area (Å²) in [4.78, 5) is 13.2. The van der Waals surface area contributed by atoms with Crippen LogP contribution in [-0.4, -0.2) is 39.9 Å². The number of methoxy groups -OCH3 is 2. The minimum Gasteiger partial charge on any atom is -0.497 e.